The quantitative estimate of drug-likeness (QED) is 0.610. The molecular formula is C22H21ClN2O4S. The molecule has 1 aliphatic heterocycles. The fraction of sp³-hybridized carbons (Fsp3) is 0.227. The van der Waals surface area contributed by atoms with Crippen molar-refractivity contribution in [2.24, 2.45) is 0 Å². The summed E-state index contributed by atoms with van der Waals surface area (Å²) in [5, 5.41) is 2.69. The van der Waals surface area contributed by atoms with E-state index in [0.717, 1.165) is 28.6 Å². The Labute approximate surface area is 184 Å². The number of nitrogens with one attached hydrogen (secondary N) is 1. The highest BCUT2D eigenvalue weighted by atomic mass is 35.5. The summed E-state index contributed by atoms with van der Waals surface area (Å²) in [6.45, 7) is 3.98. The van der Waals surface area contributed by atoms with Crippen LogP contribution in [-0.2, 0) is 16.0 Å². The van der Waals surface area contributed by atoms with Crippen LogP contribution in [0.4, 0.5) is 10.5 Å². The first-order chi connectivity index (χ1) is 14.4. The zero-order valence-electron chi connectivity index (χ0n) is 16.6. The number of benzene rings is 2. The zero-order chi connectivity index (χ0) is 21.7. The molecule has 1 saturated heterocycles. The van der Waals surface area contributed by atoms with Crippen LogP contribution in [0.5, 0.6) is 5.75 Å². The van der Waals surface area contributed by atoms with Crippen molar-refractivity contribution in [2.75, 3.05) is 18.5 Å². The van der Waals surface area contributed by atoms with Gasteiger partial charge in [-0.1, -0.05) is 30.7 Å². The molecule has 0 unspecified atom stereocenters. The van der Waals surface area contributed by atoms with E-state index in [2.05, 4.69) is 5.32 Å². The average molecular weight is 445 g/mol. The molecule has 0 aliphatic carbocycles. The van der Waals surface area contributed by atoms with E-state index in [0.29, 0.717) is 28.6 Å². The first kappa shape index (κ1) is 21.9. The van der Waals surface area contributed by atoms with Gasteiger partial charge in [0.15, 0.2) is 0 Å². The molecule has 1 aliphatic rings. The maximum Gasteiger partial charge on any atom is 0.294 e. The zero-order valence-corrected chi connectivity index (χ0v) is 18.2. The molecule has 8 heteroatoms. The lowest BCUT2D eigenvalue weighted by Crippen LogP contribution is -2.36. The number of ether oxygens (including phenoxy) is 1. The maximum atomic E-state index is 12.7. The lowest BCUT2D eigenvalue weighted by molar-refractivity contribution is -0.127. The highest BCUT2D eigenvalue weighted by Crippen LogP contribution is 2.34. The highest BCUT2D eigenvalue weighted by Gasteiger charge is 2.36. The van der Waals surface area contributed by atoms with Gasteiger partial charge in [0, 0.05) is 16.3 Å². The Balaban J connectivity index is 1.72. The third kappa shape index (κ3) is 5.23. The van der Waals surface area contributed by atoms with Crippen molar-refractivity contribution in [3.8, 4) is 5.75 Å². The van der Waals surface area contributed by atoms with Crippen LogP contribution in [0, 0.1) is 0 Å². The summed E-state index contributed by atoms with van der Waals surface area (Å²) in [7, 11) is 0. The number of hydrogen-bond donors (Lipinski definition) is 1. The average Bonchev–Trinajstić information content (AvgIpc) is 2.98. The molecule has 2 aromatic carbocycles. The van der Waals surface area contributed by atoms with E-state index in [1.807, 2.05) is 26.0 Å². The summed E-state index contributed by atoms with van der Waals surface area (Å²) in [6, 6.07) is 12.5. The summed E-state index contributed by atoms with van der Waals surface area (Å²) < 4.78 is 5.55. The number of carbonyl (C=O) groups is 3. The van der Waals surface area contributed by atoms with Crippen LogP contribution in [0.15, 0.2) is 47.4 Å². The molecule has 0 atom stereocenters. The highest BCUT2D eigenvalue weighted by molar-refractivity contribution is 8.18. The van der Waals surface area contributed by atoms with Crippen LogP contribution in [-0.4, -0.2) is 35.1 Å². The third-order valence-corrected chi connectivity index (χ3v) is 5.52. The van der Waals surface area contributed by atoms with Crippen LogP contribution in [0.25, 0.3) is 6.08 Å². The van der Waals surface area contributed by atoms with E-state index in [1.54, 1.807) is 36.4 Å². The van der Waals surface area contributed by atoms with Gasteiger partial charge in [-0.25, -0.2) is 0 Å². The molecular weight excluding hydrogens is 424 g/mol. The van der Waals surface area contributed by atoms with Gasteiger partial charge in [0.25, 0.3) is 11.1 Å². The molecule has 3 rings (SSSR count). The SMILES string of the molecule is CCOc1ccc(Cl)cc1/C=C1/SC(=O)N(CC(=O)Nc2ccc(CC)cc2)C1=O. The maximum absolute atomic E-state index is 12.7. The molecule has 1 fully saturated rings. The Kier molecular flexibility index (Phi) is 7.18. The molecule has 1 heterocycles. The molecule has 2 aromatic rings. The number of hydrogen-bond acceptors (Lipinski definition) is 5. The molecule has 0 bridgehead atoms. The largest absolute Gasteiger partial charge is 0.493 e. The van der Waals surface area contributed by atoms with E-state index in [9.17, 15) is 14.4 Å². The monoisotopic (exact) mass is 444 g/mol. The van der Waals surface area contributed by atoms with Crippen molar-refractivity contribution < 1.29 is 19.1 Å². The Hall–Kier alpha value is -2.77. The van der Waals surface area contributed by atoms with E-state index >= 15 is 0 Å². The number of carbonyl (C=O) groups excluding carboxylic acids is 3. The molecule has 6 nitrogen and oxygen atoms in total. The van der Waals surface area contributed by atoms with Crippen molar-refractivity contribution in [3.05, 3.63) is 63.5 Å². The van der Waals surface area contributed by atoms with Crippen molar-refractivity contribution in [1.82, 2.24) is 4.90 Å². The van der Waals surface area contributed by atoms with Crippen molar-refractivity contribution in [3.63, 3.8) is 0 Å². The van der Waals surface area contributed by atoms with Gasteiger partial charge in [-0.2, -0.15) is 0 Å². The first-order valence-corrected chi connectivity index (χ1v) is 10.7. The Morgan fingerprint density at radius 2 is 1.90 bits per heavy atom. The fourth-order valence-corrected chi connectivity index (χ4v) is 3.87. The molecule has 0 saturated carbocycles. The number of thioether (sulfide) groups is 1. The molecule has 0 spiro atoms. The summed E-state index contributed by atoms with van der Waals surface area (Å²) in [4.78, 5) is 38.5. The summed E-state index contributed by atoms with van der Waals surface area (Å²) in [5.41, 5.74) is 2.35. The van der Waals surface area contributed by atoms with Gasteiger partial charge in [0.1, 0.15) is 12.3 Å². The minimum absolute atomic E-state index is 0.211. The number of imide groups is 1. The van der Waals surface area contributed by atoms with Crippen LogP contribution in [0.3, 0.4) is 0 Å². The van der Waals surface area contributed by atoms with Crippen molar-refractivity contribution in [2.45, 2.75) is 20.3 Å². The van der Waals surface area contributed by atoms with Crippen LogP contribution < -0.4 is 10.1 Å². The lowest BCUT2D eigenvalue weighted by Gasteiger charge is -2.12. The van der Waals surface area contributed by atoms with Gasteiger partial charge in [0.05, 0.1) is 11.5 Å². The topological polar surface area (TPSA) is 75.7 Å². The van der Waals surface area contributed by atoms with E-state index in [1.165, 1.54) is 0 Å². The molecule has 156 valence electrons. The summed E-state index contributed by atoms with van der Waals surface area (Å²) in [6.07, 6.45) is 2.46. The van der Waals surface area contributed by atoms with Gasteiger partial charge < -0.3 is 10.1 Å². The second kappa shape index (κ2) is 9.82. The molecule has 0 aromatic heterocycles. The van der Waals surface area contributed by atoms with Gasteiger partial charge in [-0.15, -0.1) is 0 Å². The smallest absolute Gasteiger partial charge is 0.294 e. The minimum atomic E-state index is -0.524. The number of rotatable bonds is 7. The van der Waals surface area contributed by atoms with Gasteiger partial charge in [-0.05, 0) is 67.1 Å². The summed E-state index contributed by atoms with van der Waals surface area (Å²) in [5.74, 6) is -0.411. The molecule has 0 radical (unpaired) electrons. The minimum Gasteiger partial charge on any atom is -0.493 e. The number of amides is 3. The Morgan fingerprint density at radius 3 is 2.57 bits per heavy atom. The van der Waals surface area contributed by atoms with Crippen molar-refractivity contribution in [1.29, 1.82) is 0 Å². The second-order valence-electron chi connectivity index (χ2n) is 6.48. The predicted octanol–water partition coefficient (Wildman–Crippen LogP) is 4.98. The van der Waals surface area contributed by atoms with Crippen LogP contribution >= 0.6 is 23.4 Å². The lowest BCUT2D eigenvalue weighted by atomic mass is 10.1. The normalized spacial score (nSPS) is 15.0. The number of halogens is 1. The van der Waals surface area contributed by atoms with Crippen LogP contribution in [0.2, 0.25) is 5.02 Å². The van der Waals surface area contributed by atoms with Gasteiger partial charge in [-0.3, -0.25) is 19.3 Å². The molecule has 1 N–H and O–H groups in total. The van der Waals surface area contributed by atoms with Gasteiger partial charge in [0.2, 0.25) is 5.91 Å². The van der Waals surface area contributed by atoms with E-state index in [-0.39, 0.29) is 11.4 Å². The number of nitrogens with zero attached hydrogens (tertiary/aromatic N) is 1. The second-order valence-corrected chi connectivity index (χ2v) is 7.91. The van der Waals surface area contributed by atoms with E-state index in [4.69, 9.17) is 16.3 Å². The molecule has 30 heavy (non-hydrogen) atoms. The Morgan fingerprint density at radius 1 is 1.17 bits per heavy atom. The standard InChI is InChI=1S/C22H21ClN2O4S/c1-3-14-5-8-17(9-6-14)24-20(26)13-25-21(27)19(30-22(25)28)12-15-11-16(23)7-10-18(15)29-4-2/h5-12H,3-4,13H2,1-2H3,(H,24,26)/b19-12+. The number of anilines is 1. The van der Waals surface area contributed by atoms with E-state index < -0.39 is 17.1 Å². The molecule has 3 amide bonds. The summed E-state index contributed by atoms with van der Waals surface area (Å²) >= 11 is 6.84. The number of aryl methyl sites for hydroxylation is 1. The predicted molar refractivity (Wildman–Crippen MR) is 120 cm³/mol. The van der Waals surface area contributed by atoms with Crippen molar-refractivity contribution >= 4 is 52.2 Å². The van der Waals surface area contributed by atoms with Crippen LogP contribution in [0.1, 0.15) is 25.0 Å². The first-order valence-electron chi connectivity index (χ1n) is 9.47. The third-order valence-electron chi connectivity index (χ3n) is 4.38. The fourth-order valence-electron chi connectivity index (χ4n) is 2.86. The van der Waals surface area contributed by atoms with Gasteiger partial charge >= 0.3 is 0 Å². The Bertz CT molecular complexity index is 1000.